The van der Waals surface area contributed by atoms with Crippen LogP contribution in [-0.4, -0.2) is 25.8 Å². The number of nitrogens with zero attached hydrogens (tertiary/aromatic N) is 1. The topological polar surface area (TPSA) is 66.3 Å². The summed E-state index contributed by atoms with van der Waals surface area (Å²) in [6.07, 6.45) is 1.65. The number of fused-ring (bicyclic) bond motifs is 1. The molecular formula is C18H13NO5. The van der Waals surface area contributed by atoms with Crippen molar-refractivity contribution in [1.29, 1.82) is 0 Å². The summed E-state index contributed by atoms with van der Waals surface area (Å²) in [5.41, 5.74) is 1.73. The molecule has 0 saturated heterocycles. The summed E-state index contributed by atoms with van der Waals surface area (Å²) in [4.78, 5) is 16.3. The van der Waals surface area contributed by atoms with Crippen LogP contribution in [0.3, 0.4) is 0 Å². The van der Waals surface area contributed by atoms with E-state index in [-0.39, 0.29) is 18.4 Å². The van der Waals surface area contributed by atoms with Crippen molar-refractivity contribution >= 4 is 17.9 Å². The lowest BCUT2D eigenvalue weighted by Crippen LogP contribution is -2.05. The Hall–Kier alpha value is -3.28. The van der Waals surface area contributed by atoms with Crippen molar-refractivity contribution in [3.05, 3.63) is 59.3 Å². The smallest absolute Gasteiger partial charge is 0.363 e. The van der Waals surface area contributed by atoms with E-state index in [0.717, 1.165) is 11.3 Å². The first-order valence-electron chi connectivity index (χ1n) is 7.29. The Morgan fingerprint density at radius 1 is 1.08 bits per heavy atom. The average molecular weight is 323 g/mol. The maximum Gasteiger partial charge on any atom is 0.363 e. The number of hydrogen-bond acceptors (Lipinski definition) is 6. The van der Waals surface area contributed by atoms with Crippen molar-refractivity contribution in [3.63, 3.8) is 0 Å². The molecule has 2 aromatic rings. The highest BCUT2D eigenvalue weighted by Gasteiger charge is 2.24. The monoisotopic (exact) mass is 323 g/mol. The summed E-state index contributed by atoms with van der Waals surface area (Å²) >= 11 is 0. The van der Waals surface area contributed by atoms with Crippen LogP contribution in [-0.2, 0) is 9.53 Å². The molecule has 24 heavy (non-hydrogen) atoms. The third-order valence-electron chi connectivity index (χ3n) is 3.66. The predicted octanol–water partition coefficient (Wildman–Crippen LogP) is 2.77. The SMILES string of the molecule is COc1ccc(C2=N/C(=C\c3ccc4c(c3)OCO4)C(=O)O2)cc1. The van der Waals surface area contributed by atoms with E-state index in [1.807, 2.05) is 6.07 Å². The minimum atomic E-state index is -0.488. The first-order valence-corrected chi connectivity index (χ1v) is 7.29. The normalized spacial score (nSPS) is 17.0. The van der Waals surface area contributed by atoms with Gasteiger partial charge in [0.15, 0.2) is 17.2 Å². The quantitative estimate of drug-likeness (QED) is 0.642. The zero-order valence-corrected chi connectivity index (χ0v) is 12.8. The Labute approximate surface area is 137 Å². The number of carbonyl (C=O) groups is 1. The summed E-state index contributed by atoms with van der Waals surface area (Å²) in [7, 11) is 1.59. The summed E-state index contributed by atoms with van der Waals surface area (Å²) in [5, 5.41) is 0. The molecule has 0 saturated carbocycles. The molecule has 120 valence electrons. The van der Waals surface area contributed by atoms with Gasteiger partial charge in [0.05, 0.1) is 7.11 Å². The summed E-state index contributed by atoms with van der Waals surface area (Å²) in [5.74, 6) is 1.84. The lowest BCUT2D eigenvalue weighted by atomic mass is 10.1. The number of carbonyl (C=O) groups excluding carboxylic acids is 1. The van der Waals surface area contributed by atoms with Crippen molar-refractivity contribution in [1.82, 2.24) is 0 Å². The van der Waals surface area contributed by atoms with Crippen LogP contribution in [0.1, 0.15) is 11.1 Å². The fourth-order valence-electron chi connectivity index (χ4n) is 2.43. The van der Waals surface area contributed by atoms with E-state index in [9.17, 15) is 4.79 Å². The zero-order valence-electron chi connectivity index (χ0n) is 12.8. The molecule has 6 heteroatoms. The van der Waals surface area contributed by atoms with Gasteiger partial charge in [0.25, 0.3) is 0 Å². The van der Waals surface area contributed by atoms with Crippen molar-refractivity contribution < 1.29 is 23.7 Å². The van der Waals surface area contributed by atoms with Crippen molar-refractivity contribution in [2.45, 2.75) is 0 Å². The van der Waals surface area contributed by atoms with Gasteiger partial charge >= 0.3 is 5.97 Å². The largest absolute Gasteiger partial charge is 0.497 e. The van der Waals surface area contributed by atoms with E-state index in [0.29, 0.717) is 17.1 Å². The molecular weight excluding hydrogens is 310 g/mol. The number of cyclic esters (lactones) is 1. The number of benzene rings is 2. The summed E-state index contributed by atoms with van der Waals surface area (Å²) in [6, 6.07) is 12.6. The average Bonchev–Trinajstić information content (AvgIpc) is 3.21. The number of aliphatic imine (C=N–C) groups is 1. The van der Waals surface area contributed by atoms with Crippen LogP contribution < -0.4 is 14.2 Å². The van der Waals surface area contributed by atoms with Crippen molar-refractivity contribution in [2.75, 3.05) is 13.9 Å². The second kappa shape index (κ2) is 5.73. The van der Waals surface area contributed by atoms with Crippen LogP contribution in [0.4, 0.5) is 0 Å². The van der Waals surface area contributed by atoms with Crippen molar-refractivity contribution in [3.8, 4) is 17.2 Å². The molecule has 6 nitrogen and oxygen atoms in total. The van der Waals surface area contributed by atoms with E-state index in [1.54, 1.807) is 49.6 Å². The van der Waals surface area contributed by atoms with Crippen LogP contribution in [0.25, 0.3) is 6.08 Å². The van der Waals surface area contributed by atoms with Gasteiger partial charge < -0.3 is 18.9 Å². The number of methoxy groups -OCH3 is 1. The molecule has 0 fully saturated rings. The predicted molar refractivity (Wildman–Crippen MR) is 86.2 cm³/mol. The minimum Gasteiger partial charge on any atom is -0.497 e. The van der Waals surface area contributed by atoms with Crippen LogP contribution in [0, 0.1) is 0 Å². The van der Waals surface area contributed by atoms with Gasteiger partial charge in [-0.25, -0.2) is 9.79 Å². The van der Waals surface area contributed by atoms with E-state index in [1.165, 1.54) is 0 Å². The maximum absolute atomic E-state index is 12.0. The van der Waals surface area contributed by atoms with Gasteiger partial charge in [0.2, 0.25) is 12.7 Å². The Balaban J connectivity index is 1.63. The molecule has 2 heterocycles. The van der Waals surface area contributed by atoms with E-state index >= 15 is 0 Å². The molecule has 0 unspecified atom stereocenters. The van der Waals surface area contributed by atoms with Gasteiger partial charge in [-0.05, 0) is 48.0 Å². The molecule has 0 atom stereocenters. The molecule has 0 N–H and O–H groups in total. The molecule has 2 aromatic carbocycles. The second-order valence-electron chi connectivity index (χ2n) is 5.18. The molecule has 2 aliphatic heterocycles. The Morgan fingerprint density at radius 3 is 2.67 bits per heavy atom. The van der Waals surface area contributed by atoms with Crippen molar-refractivity contribution in [2.24, 2.45) is 4.99 Å². The van der Waals surface area contributed by atoms with Crippen LogP contribution >= 0.6 is 0 Å². The summed E-state index contributed by atoms with van der Waals surface area (Å²) in [6.45, 7) is 0.206. The molecule has 0 bridgehead atoms. The second-order valence-corrected chi connectivity index (χ2v) is 5.18. The Morgan fingerprint density at radius 2 is 1.88 bits per heavy atom. The molecule has 4 rings (SSSR count). The van der Waals surface area contributed by atoms with Gasteiger partial charge in [-0.3, -0.25) is 0 Å². The van der Waals surface area contributed by atoms with E-state index in [4.69, 9.17) is 18.9 Å². The lowest BCUT2D eigenvalue weighted by molar-refractivity contribution is -0.129. The number of esters is 1. The lowest BCUT2D eigenvalue weighted by Gasteiger charge is -2.01. The number of ether oxygens (including phenoxy) is 4. The fourth-order valence-corrected chi connectivity index (χ4v) is 2.43. The van der Waals surface area contributed by atoms with E-state index < -0.39 is 5.97 Å². The molecule has 0 spiro atoms. The van der Waals surface area contributed by atoms with Gasteiger partial charge in [0.1, 0.15) is 5.75 Å². The fraction of sp³-hybridized carbons (Fsp3) is 0.111. The highest BCUT2D eigenvalue weighted by molar-refractivity contribution is 6.12. The maximum atomic E-state index is 12.0. The highest BCUT2D eigenvalue weighted by Crippen LogP contribution is 2.33. The zero-order chi connectivity index (χ0) is 16.5. The first kappa shape index (κ1) is 14.3. The molecule has 0 amide bonds. The third kappa shape index (κ3) is 2.58. The van der Waals surface area contributed by atoms with Gasteiger partial charge in [-0.1, -0.05) is 6.07 Å². The first-order chi connectivity index (χ1) is 11.7. The standard InChI is InChI=1S/C18H13NO5/c1-21-13-5-3-12(4-6-13)17-19-14(18(20)24-17)8-11-2-7-15-16(9-11)23-10-22-15/h2-9H,10H2,1H3/b14-8-. The Bertz CT molecular complexity index is 867. The highest BCUT2D eigenvalue weighted by atomic mass is 16.7. The Kier molecular flexibility index (Phi) is 3.42. The number of hydrogen-bond donors (Lipinski definition) is 0. The molecule has 0 aliphatic carbocycles. The van der Waals surface area contributed by atoms with Crippen LogP contribution in [0.15, 0.2) is 53.2 Å². The van der Waals surface area contributed by atoms with Crippen LogP contribution in [0.2, 0.25) is 0 Å². The molecule has 0 radical (unpaired) electrons. The van der Waals surface area contributed by atoms with Gasteiger partial charge in [0, 0.05) is 5.56 Å². The van der Waals surface area contributed by atoms with Gasteiger partial charge in [-0.15, -0.1) is 0 Å². The minimum absolute atomic E-state index is 0.206. The third-order valence-corrected chi connectivity index (χ3v) is 3.66. The molecule has 2 aliphatic rings. The van der Waals surface area contributed by atoms with Gasteiger partial charge in [-0.2, -0.15) is 0 Å². The number of rotatable bonds is 3. The van der Waals surface area contributed by atoms with E-state index in [2.05, 4.69) is 4.99 Å². The summed E-state index contributed by atoms with van der Waals surface area (Å²) < 4.78 is 20.9. The van der Waals surface area contributed by atoms with Crippen LogP contribution in [0.5, 0.6) is 17.2 Å². The molecule has 0 aromatic heterocycles.